The molecule has 4 heteroatoms. The third-order valence-electron chi connectivity index (χ3n) is 3.69. The van der Waals surface area contributed by atoms with Crippen LogP contribution in [0.1, 0.15) is 45.1 Å². The molecule has 1 aromatic rings. The molecule has 0 fully saturated rings. The third kappa shape index (κ3) is 6.63. The minimum atomic E-state index is -0.316. The molecule has 4 nitrogen and oxygen atoms in total. The topological polar surface area (TPSA) is 58.6 Å². The van der Waals surface area contributed by atoms with E-state index in [4.69, 9.17) is 9.84 Å². The number of aliphatic hydroxyl groups excluding tert-OH is 1. The first-order valence-corrected chi connectivity index (χ1v) is 7.60. The van der Waals surface area contributed by atoms with E-state index in [0.29, 0.717) is 25.9 Å². The van der Waals surface area contributed by atoms with Crippen molar-refractivity contribution in [2.75, 3.05) is 13.2 Å². The van der Waals surface area contributed by atoms with Crippen molar-refractivity contribution in [3.8, 4) is 5.75 Å². The van der Waals surface area contributed by atoms with Gasteiger partial charge in [0.15, 0.2) is 0 Å². The molecule has 0 radical (unpaired) electrons. The van der Waals surface area contributed by atoms with Gasteiger partial charge in [-0.3, -0.25) is 4.79 Å². The number of carbonyl (C=O) groups is 1. The van der Waals surface area contributed by atoms with Crippen LogP contribution in [0.15, 0.2) is 24.3 Å². The maximum atomic E-state index is 11.9. The molecule has 2 N–H and O–H groups in total. The lowest BCUT2D eigenvalue weighted by Gasteiger charge is -2.29. The highest BCUT2D eigenvalue weighted by Crippen LogP contribution is 2.15. The van der Waals surface area contributed by atoms with E-state index in [1.165, 1.54) is 0 Å². The van der Waals surface area contributed by atoms with Crippen molar-refractivity contribution in [1.29, 1.82) is 0 Å². The number of benzene rings is 1. The van der Waals surface area contributed by atoms with Crippen LogP contribution in [0.2, 0.25) is 0 Å². The van der Waals surface area contributed by atoms with Gasteiger partial charge < -0.3 is 15.2 Å². The van der Waals surface area contributed by atoms with Gasteiger partial charge >= 0.3 is 0 Å². The lowest BCUT2D eigenvalue weighted by atomic mass is 9.94. The van der Waals surface area contributed by atoms with Crippen molar-refractivity contribution in [3.05, 3.63) is 29.8 Å². The number of hydrogen-bond donors (Lipinski definition) is 2. The quantitative estimate of drug-likeness (QED) is 0.688. The van der Waals surface area contributed by atoms with E-state index in [-0.39, 0.29) is 18.1 Å². The van der Waals surface area contributed by atoms with Crippen molar-refractivity contribution in [3.63, 3.8) is 0 Å². The monoisotopic (exact) mass is 293 g/mol. The second-order valence-electron chi connectivity index (χ2n) is 5.70. The summed E-state index contributed by atoms with van der Waals surface area (Å²) < 4.78 is 5.62. The first-order valence-electron chi connectivity index (χ1n) is 7.60. The van der Waals surface area contributed by atoms with Crippen LogP contribution in [0.4, 0.5) is 0 Å². The molecule has 1 aromatic carbocycles. The zero-order valence-corrected chi connectivity index (χ0v) is 13.3. The minimum absolute atomic E-state index is 0.0145. The van der Waals surface area contributed by atoms with E-state index in [9.17, 15) is 4.79 Å². The highest BCUT2D eigenvalue weighted by Gasteiger charge is 2.23. The van der Waals surface area contributed by atoms with Crippen LogP contribution < -0.4 is 10.1 Å². The smallest absolute Gasteiger partial charge is 0.220 e. The van der Waals surface area contributed by atoms with Crippen LogP contribution in [-0.4, -0.2) is 29.8 Å². The maximum Gasteiger partial charge on any atom is 0.220 e. The Labute approximate surface area is 127 Å². The molecule has 0 aliphatic rings. The van der Waals surface area contributed by atoms with Gasteiger partial charge in [-0.15, -0.1) is 0 Å². The molecule has 21 heavy (non-hydrogen) atoms. The zero-order valence-electron chi connectivity index (χ0n) is 13.3. The molecule has 0 spiro atoms. The lowest BCUT2D eigenvalue weighted by Crippen LogP contribution is -2.46. The number of hydrogen-bond acceptors (Lipinski definition) is 3. The SMILES string of the molecule is CCC(C)(CCO)NC(=O)CCCOc1cccc(C)c1. The molecule has 0 aliphatic carbocycles. The molecule has 1 amide bonds. The van der Waals surface area contributed by atoms with Gasteiger partial charge in [-0.05, 0) is 50.8 Å². The number of nitrogens with one attached hydrogen (secondary N) is 1. The molecule has 0 bridgehead atoms. The Morgan fingerprint density at radius 2 is 2.19 bits per heavy atom. The van der Waals surface area contributed by atoms with E-state index >= 15 is 0 Å². The molecule has 0 aromatic heterocycles. The maximum absolute atomic E-state index is 11.9. The van der Waals surface area contributed by atoms with Crippen molar-refractivity contribution >= 4 is 5.91 Å². The Kier molecular flexibility index (Phi) is 7.23. The van der Waals surface area contributed by atoms with E-state index in [2.05, 4.69) is 5.32 Å². The van der Waals surface area contributed by atoms with Crippen molar-refractivity contribution < 1.29 is 14.6 Å². The number of rotatable bonds is 9. The Morgan fingerprint density at radius 1 is 1.43 bits per heavy atom. The number of ether oxygens (including phenoxy) is 1. The predicted octanol–water partition coefficient (Wildman–Crippen LogP) is 2.82. The Morgan fingerprint density at radius 3 is 2.81 bits per heavy atom. The first-order chi connectivity index (χ1) is 9.99. The number of aliphatic hydroxyl groups is 1. The molecular formula is C17H27NO3. The molecule has 1 atom stereocenters. The van der Waals surface area contributed by atoms with Crippen LogP contribution in [0.5, 0.6) is 5.75 Å². The van der Waals surface area contributed by atoms with E-state index in [0.717, 1.165) is 17.7 Å². The van der Waals surface area contributed by atoms with E-state index in [1.807, 2.05) is 45.0 Å². The average molecular weight is 293 g/mol. The van der Waals surface area contributed by atoms with Crippen molar-refractivity contribution in [2.24, 2.45) is 0 Å². The van der Waals surface area contributed by atoms with Gasteiger partial charge in [-0.1, -0.05) is 19.1 Å². The summed E-state index contributed by atoms with van der Waals surface area (Å²) in [5.41, 5.74) is 0.844. The summed E-state index contributed by atoms with van der Waals surface area (Å²) in [5.74, 6) is 0.856. The van der Waals surface area contributed by atoms with Crippen LogP contribution in [0.25, 0.3) is 0 Å². The highest BCUT2D eigenvalue weighted by molar-refractivity contribution is 5.76. The van der Waals surface area contributed by atoms with E-state index < -0.39 is 0 Å². The number of carbonyl (C=O) groups excluding carboxylic acids is 1. The Hall–Kier alpha value is -1.55. The fourth-order valence-corrected chi connectivity index (χ4v) is 2.10. The average Bonchev–Trinajstić information content (AvgIpc) is 2.44. The van der Waals surface area contributed by atoms with E-state index in [1.54, 1.807) is 0 Å². The zero-order chi connectivity index (χ0) is 15.7. The van der Waals surface area contributed by atoms with Crippen molar-refractivity contribution in [2.45, 2.75) is 52.0 Å². The predicted molar refractivity (Wildman–Crippen MR) is 84.4 cm³/mol. The number of amides is 1. The molecule has 118 valence electrons. The summed E-state index contributed by atoms with van der Waals surface area (Å²) >= 11 is 0. The van der Waals surface area contributed by atoms with Gasteiger partial charge in [0.1, 0.15) is 5.75 Å². The largest absolute Gasteiger partial charge is 0.494 e. The van der Waals surface area contributed by atoms with Gasteiger partial charge in [0, 0.05) is 18.6 Å². The standard InChI is InChI=1S/C17H27NO3/c1-4-17(3,10-11-19)18-16(20)9-6-12-21-15-8-5-7-14(2)13-15/h5,7-8,13,19H,4,6,9-12H2,1-3H3,(H,18,20). The fraction of sp³-hybridized carbons (Fsp3) is 0.588. The van der Waals surface area contributed by atoms with Crippen LogP contribution in [-0.2, 0) is 4.79 Å². The van der Waals surface area contributed by atoms with Crippen molar-refractivity contribution in [1.82, 2.24) is 5.32 Å². The second kappa shape index (κ2) is 8.67. The third-order valence-corrected chi connectivity index (χ3v) is 3.69. The Balaban J connectivity index is 2.27. The normalized spacial score (nSPS) is 13.5. The first kappa shape index (κ1) is 17.5. The fourth-order valence-electron chi connectivity index (χ4n) is 2.10. The van der Waals surface area contributed by atoms with Crippen LogP contribution in [0, 0.1) is 6.92 Å². The summed E-state index contributed by atoms with van der Waals surface area (Å²) in [6.07, 6.45) is 2.50. The highest BCUT2D eigenvalue weighted by atomic mass is 16.5. The Bertz CT molecular complexity index is 447. The van der Waals surface area contributed by atoms with Gasteiger partial charge in [0.25, 0.3) is 0 Å². The summed E-state index contributed by atoms with van der Waals surface area (Å²) in [4.78, 5) is 11.9. The number of aryl methyl sites for hydroxylation is 1. The molecule has 0 heterocycles. The summed E-state index contributed by atoms with van der Waals surface area (Å²) in [5, 5.41) is 12.0. The molecule has 0 saturated heterocycles. The van der Waals surface area contributed by atoms with Crippen LogP contribution in [0.3, 0.4) is 0 Å². The molecular weight excluding hydrogens is 266 g/mol. The van der Waals surface area contributed by atoms with Gasteiger partial charge in [-0.2, -0.15) is 0 Å². The summed E-state index contributed by atoms with van der Waals surface area (Å²) in [6, 6.07) is 7.88. The molecule has 1 rings (SSSR count). The lowest BCUT2D eigenvalue weighted by molar-refractivity contribution is -0.123. The summed E-state index contributed by atoms with van der Waals surface area (Å²) in [6.45, 7) is 6.61. The molecule has 1 unspecified atom stereocenters. The van der Waals surface area contributed by atoms with Crippen LogP contribution >= 0.6 is 0 Å². The van der Waals surface area contributed by atoms with Gasteiger partial charge in [0.2, 0.25) is 5.91 Å². The molecule has 0 aliphatic heterocycles. The minimum Gasteiger partial charge on any atom is -0.494 e. The van der Waals surface area contributed by atoms with Gasteiger partial charge in [-0.25, -0.2) is 0 Å². The van der Waals surface area contributed by atoms with Gasteiger partial charge in [0.05, 0.1) is 6.61 Å². The molecule has 0 saturated carbocycles. The summed E-state index contributed by atoms with van der Waals surface area (Å²) in [7, 11) is 0. The second-order valence-corrected chi connectivity index (χ2v) is 5.70.